The zero-order chi connectivity index (χ0) is 16.0. The van der Waals surface area contributed by atoms with E-state index in [4.69, 9.17) is 14.2 Å². The summed E-state index contributed by atoms with van der Waals surface area (Å²) in [6, 6.07) is 3.31. The third-order valence-electron chi connectivity index (χ3n) is 2.66. The van der Waals surface area contributed by atoms with Crippen molar-refractivity contribution in [3.63, 3.8) is 0 Å². The molecule has 0 aliphatic rings. The molecule has 0 aromatic heterocycles. The number of carbonyl (C=O) groups is 1. The molecule has 7 nitrogen and oxygen atoms in total. The minimum atomic E-state index is -1.50. The zero-order valence-corrected chi connectivity index (χ0v) is 12.8. The van der Waals surface area contributed by atoms with Crippen LogP contribution in [-0.2, 0) is 4.79 Å². The molecule has 116 valence electrons. The van der Waals surface area contributed by atoms with Crippen molar-refractivity contribution >= 4 is 12.1 Å². The molecular weight excluding hydrogens is 276 g/mol. The predicted octanol–water partition coefficient (Wildman–Crippen LogP) is 0.933. The van der Waals surface area contributed by atoms with Crippen LogP contribution in [0, 0.1) is 0 Å². The molecule has 1 amide bonds. The average molecular weight is 296 g/mol. The fraction of sp³-hybridized carbons (Fsp3) is 0.429. The molecule has 2 N–H and O–H groups in total. The number of carbonyl (C=O) groups excluding carboxylic acids is 1. The maximum Gasteiger partial charge on any atom is 0.271 e. The molecule has 1 aromatic carbocycles. The van der Waals surface area contributed by atoms with Gasteiger partial charge in [0.2, 0.25) is 0 Å². The molecule has 0 radical (unpaired) electrons. The first kappa shape index (κ1) is 16.8. The van der Waals surface area contributed by atoms with Crippen molar-refractivity contribution in [1.29, 1.82) is 0 Å². The van der Waals surface area contributed by atoms with E-state index in [2.05, 4.69) is 10.5 Å². The number of amides is 1. The third kappa shape index (κ3) is 4.35. The second kappa shape index (κ2) is 6.94. The number of ether oxygens (including phenoxy) is 3. The Morgan fingerprint density at radius 3 is 2.14 bits per heavy atom. The van der Waals surface area contributed by atoms with E-state index in [0.29, 0.717) is 22.8 Å². The second-order valence-corrected chi connectivity index (χ2v) is 4.71. The lowest BCUT2D eigenvalue weighted by Gasteiger charge is -2.14. The summed E-state index contributed by atoms with van der Waals surface area (Å²) in [5, 5.41) is 13.3. The number of nitrogens with one attached hydrogen (secondary N) is 1. The Morgan fingerprint density at radius 1 is 1.14 bits per heavy atom. The van der Waals surface area contributed by atoms with Gasteiger partial charge in [-0.15, -0.1) is 0 Å². The number of hydrazone groups is 1. The van der Waals surface area contributed by atoms with Crippen LogP contribution >= 0.6 is 0 Å². The Hall–Kier alpha value is -2.28. The maximum atomic E-state index is 11.5. The van der Waals surface area contributed by atoms with E-state index < -0.39 is 11.5 Å². The van der Waals surface area contributed by atoms with Gasteiger partial charge in [0.15, 0.2) is 11.5 Å². The Morgan fingerprint density at radius 2 is 1.67 bits per heavy atom. The molecule has 21 heavy (non-hydrogen) atoms. The summed E-state index contributed by atoms with van der Waals surface area (Å²) in [6.07, 6.45) is 1.39. The molecule has 0 fully saturated rings. The zero-order valence-electron chi connectivity index (χ0n) is 12.8. The number of aliphatic hydroxyl groups is 1. The van der Waals surface area contributed by atoms with Crippen LogP contribution in [0.25, 0.3) is 0 Å². The lowest BCUT2D eigenvalue weighted by Crippen LogP contribution is -2.39. The smallest absolute Gasteiger partial charge is 0.271 e. The van der Waals surface area contributed by atoms with Gasteiger partial charge in [0, 0.05) is 11.6 Å². The molecule has 0 unspecified atom stereocenters. The summed E-state index contributed by atoms with van der Waals surface area (Å²) >= 11 is 0. The van der Waals surface area contributed by atoms with Crippen LogP contribution in [-0.4, -0.2) is 44.2 Å². The Bertz CT molecular complexity index is 535. The molecule has 1 aromatic rings. The summed E-state index contributed by atoms with van der Waals surface area (Å²) < 4.78 is 15.6. The summed E-state index contributed by atoms with van der Waals surface area (Å²) in [5.41, 5.74) is 1.33. The summed E-state index contributed by atoms with van der Waals surface area (Å²) in [6.45, 7) is 2.74. The van der Waals surface area contributed by atoms with Gasteiger partial charge in [-0.05, 0) is 19.9 Å². The molecule has 1 rings (SSSR count). The van der Waals surface area contributed by atoms with E-state index in [9.17, 15) is 9.90 Å². The van der Waals surface area contributed by atoms with Crippen molar-refractivity contribution in [1.82, 2.24) is 5.43 Å². The molecule has 0 bridgehead atoms. The Kier molecular flexibility index (Phi) is 5.54. The van der Waals surface area contributed by atoms with E-state index >= 15 is 0 Å². The molecule has 0 aliphatic heterocycles. The normalized spacial score (nSPS) is 11.3. The first-order valence-electron chi connectivity index (χ1n) is 6.19. The first-order chi connectivity index (χ1) is 9.83. The summed E-state index contributed by atoms with van der Waals surface area (Å²) in [4.78, 5) is 11.5. The fourth-order valence-corrected chi connectivity index (χ4v) is 1.45. The second-order valence-electron chi connectivity index (χ2n) is 4.71. The van der Waals surface area contributed by atoms with Crippen molar-refractivity contribution in [2.45, 2.75) is 19.4 Å². The topological polar surface area (TPSA) is 89.4 Å². The van der Waals surface area contributed by atoms with Crippen LogP contribution in [0.2, 0.25) is 0 Å². The highest BCUT2D eigenvalue weighted by molar-refractivity contribution is 5.88. The van der Waals surface area contributed by atoms with Gasteiger partial charge in [0.05, 0.1) is 27.5 Å². The van der Waals surface area contributed by atoms with Crippen LogP contribution < -0.4 is 19.6 Å². The van der Waals surface area contributed by atoms with Crippen LogP contribution in [0.15, 0.2) is 17.2 Å². The van der Waals surface area contributed by atoms with Gasteiger partial charge in [-0.2, -0.15) is 5.10 Å². The van der Waals surface area contributed by atoms with Gasteiger partial charge >= 0.3 is 0 Å². The third-order valence-corrected chi connectivity index (χ3v) is 2.66. The van der Waals surface area contributed by atoms with E-state index in [1.807, 2.05) is 0 Å². The largest absolute Gasteiger partial charge is 0.496 e. The van der Waals surface area contributed by atoms with Crippen LogP contribution in [0.5, 0.6) is 17.2 Å². The molecule has 0 saturated heterocycles. The number of hydrogen-bond acceptors (Lipinski definition) is 6. The first-order valence-corrected chi connectivity index (χ1v) is 6.19. The maximum absolute atomic E-state index is 11.5. The molecule has 0 atom stereocenters. The Balaban J connectivity index is 2.99. The quantitative estimate of drug-likeness (QED) is 0.602. The molecule has 0 saturated carbocycles. The minimum absolute atomic E-state index is 0.508. The lowest BCUT2D eigenvalue weighted by atomic mass is 10.1. The highest BCUT2D eigenvalue weighted by Gasteiger charge is 2.23. The van der Waals surface area contributed by atoms with Gasteiger partial charge < -0.3 is 19.3 Å². The molecule has 0 spiro atoms. The predicted molar refractivity (Wildman–Crippen MR) is 78.1 cm³/mol. The standard InChI is InChI=1S/C14H20N2O5/c1-14(2,18)13(17)16-15-8-9-6-11(20-4)12(21-5)7-10(9)19-3/h6-8,18H,1-5H3,(H,16,17). The van der Waals surface area contributed by atoms with Gasteiger partial charge in [-0.3, -0.25) is 4.79 Å². The molecule has 7 heteroatoms. The summed E-state index contributed by atoms with van der Waals surface area (Å²) in [7, 11) is 4.55. The highest BCUT2D eigenvalue weighted by Crippen LogP contribution is 2.33. The Labute approximate surface area is 123 Å². The van der Waals surface area contributed by atoms with Crippen molar-refractivity contribution in [2.75, 3.05) is 21.3 Å². The van der Waals surface area contributed by atoms with Crippen LogP contribution in [0.4, 0.5) is 0 Å². The fourth-order valence-electron chi connectivity index (χ4n) is 1.45. The number of benzene rings is 1. The number of nitrogens with zero attached hydrogens (tertiary/aromatic N) is 1. The van der Waals surface area contributed by atoms with Gasteiger partial charge in [0.1, 0.15) is 11.4 Å². The van der Waals surface area contributed by atoms with E-state index in [1.54, 1.807) is 12.1 Å². The van der Waals surface area contributed by atoms with E-state index in [-0.39, 0.29) is 0 Å². The number of rotatable bonds is 6. The van der Waals surface area contributed by atoms with E-state index in [1.165, 1.54) is 41.4 Å². The highest BCUT2D eigenvalue weighted by atomic mass is 16.5. The monoisotopic (exact) mass is 296 g/mol. The van der Waals surface area contributed by atoms with Crippen molar-refractivity contribution in [3.05, 3.63) is 17.7 Å². The molecular formula is C14H20N2O5. The van der Waals surface area contributed by atoms with Crippen LogP contribution in [0.3, 0.4) is 0 Å². The minimum Gasteiger partial charge on any atom is -0.496 e. The van der Waals surface area contributed by atoms with Crippen LogP contribution in [0.1, 0.15) is 19.4 Å². The van der Waals surface area contributed by atoms with E-state index in [0.717, 1.165) is 0 Å². The average Bonchev–Trinajstić information content (AvgIpc) is 2.45. The number of hydrogen-bond donors (Lipinski definition) is 2. The van der Waals surface area contributed by atoms with Gasteiger partial charge in [0.25, 0.3) is 5.91 Å². The summed E-state index contributed by atoms with van der Waals surface area (Å²) in [5.74, 6) is 0.924. The number of methoxy groups -OCH3 is 3. The molecule has 0 heterocycles. The van der Waals surface area contributed by atoms with Crippen molar-refractivity contribution in [2.24, 2.45) is 5.10 Å². The SMILES string of the molecule is COc1cc(OC)c(OC)cc1C=NNC(=O)C(C)(C)O. The van der Waals surface area contributed by atoms with Gasteiger partial charge in [-0.1, -0.05) is 0 Å². The lowest BCUT2D eigenvalue weighted by molar-refractivity contribution is -0.136. The van der Waals surface area contributed by atoms with Crippen molar-refractivity contribution in [3.8, 4) is 17.2 Å². The van der Waals surface area contributed by atoms with Crippen molar-refractivity contribution < 1.29 is 24.1 Å². The van der Waals surface area contributed by atoms with Gasteiger partial charge in [-0.25, -0.2) is 5.43 Å². The molecule has 0 aliphatic carbocycles.